The molecule has 0 bridgehead atoms. The Kier molecular flexibility index (Phi) is 3.36. The summed E-state index contributed by atoms with van der Waals surface area (Å²) in [5.74, 6) is -1.57. The van der Waals surface area contributed by atoms with Crippen LogP contribution in [0.15, 0.2) is 16.6 Å². The zero-order chi connectivity index (χ0) is 10.8. The second-order valence-corrected chi connectivity index (χ2v) is 4.70. The molecule has 1 heterocycles. The van der Waals surface area contributed by atoms with Gasteiger partial charge in [0.25, 0.3) is 0 Å². The summed E-state index contributed by atoms with van der Waals surface area (Å²) in [6.07, 6.45) is 2.39. The van der Waals surface area contributed by atoms with Crippen LogP contribution in [0.4, 0.5) is 8.78 Å². The minimum atomic E-state index is -0.799. The predicted octanol–water partition coefficient (Wildman–Crippen LogP) is 3.32. The van der Waals surface area contributed by atoms with E-state index < -0.39 is 11.6 Å². The molecule has 1 aromatic rings. The van der Waals surface area contributed by atoms with E-state index in [9.17, 15) is 8.78 Å². The van der Waals surface area contributed by atoms with E-state index in [-0.39, 0.29) is 0 Å². The van der Waals surface area contributed by atoms with E-state index in [1.807, 2.05) is 0 Å². The van der Waals surface area contributed by atoms with Gasteiger partial charge in [-0.05, 0) is 43.6 Å². The van der Waals surface area contributed by atoms with E-state index >= 15 is 0 Å². The summed E-state index contributed by atoms with van der Waals surface area (Å²) in [5.41, 5.74) is 0.816. The maximum Gasteiger partial charge on any atom is 0.159 e. The monoisotopic (exact) mass is 275 g/mol. The Bertz CT molecular complexity index is 362. The van der Waals surface area contributed by atoms with Crippen molar-refractivity contribution in [3.63, 3.8) is 0 Å². The third kappa shape index (κ3) is 2.55. The van der Waals surface area contributed by atoms with E-state index in [1.165, 1.54) is 25.0 Å². The molecule has 1 nitrogen and oxygen atoms in total. The Morgan fingerprint density at radius 2 is 1.73 bits per heavy atom. The van der Waals surface area contributed by atoms with Gasteiger partial charge in [-0.3, -0.25) is 4.90 Å². The van der Waals surface area contributed by atoms with Crippen LogP contribution in [-0.2, 0) is 6.54 Å². The van der Waals surface area contributed by atoms with Gasteiger partial charge in [-0.1, -0.05) is 15.9 Å². The molecule has 1 aromatic carbocycles. The number of halogens is 3. The van der Waals surface area contributed by atoms with E-state index in [0.717, 1.165) is 18.7 Å². The van der Waals surface area contributed by atoms with Crippen molar-refractivity contribution in [2.45, 2.75) is 19.4 Å². The molecule has 0 unspecified atom stereocenters. The maximum absolute atomic E-state index is 13.0. The van der Waals surface area contributed by atoms with Gasteiger partial charge in [0.05, 0.1) is 0 Å². The third-order valence-electron chi connectivity index (χ3n) is 2.68. The SMILES string of the molecule is Fc1cc(Br)c(CN2CCCC2)cc1F. The van der Waals surface area contributed by atoms with Gasteiger partial charge in [0, 0.05) is 11.0 Å². The highest BCUT2D eigenvalue weighted by Gasteiger charge is 2.15. The highest BCUT2D eigenvalue weighted by Crippen LogP contribution is 2.23. The standard InChI is InChI=1S/C11H12BrF2N/c12-9-6-11(14)10(13)5-8(9)7-15-3-1-2-4-15/h5-6H,1-4,7H2. The predicted molar refractivity (Wildman–Crippen MR) is 58.6 cm³/mol. The summed E-state index contributed by atoms with van der Waals surface area (Å²) in [7, 11) is 0. The van der Waals surface area contributed by atoms with Crippen LogP contribution in [0, 0.1) is 11.6 Å². The Morgan fingerprint density at radius 1 is 1.13 bits per heavy atom. The van der Waals surface area contributed by atoms with Gasteiger partial charge in [0.2, 0.25) is 0 Å². The lowest BCUT2D eigenvalue weighted by molar-refractivity contribution is 0.329. The summed E-state index contributed by atoms with van der Waals surface area (Å²) in [5, 5.41) is 0. The molecule has 0 amide bonds. The second kappa shape index (κ2) is 4.58. The molecular weight excluding hydrogens is 264 g/mol. The summed E-state index contributed by atoms with van der Waals surface area (Å²) in [6, 6.07) is 2.47. The number of nitrogens with zero attached hydrogens (tertiary/aromatic N) is 1. The minimum absolute atomic E-state index is 0.647. The summed E-state index contributed by atoms with van der Waals surface area (Å²) < 4.78 is 26.5. The Balaban J connectivity index is 2.16. The van der Waals surface area contributed by atoms with Crippen LogP contribution in [0.2, 0.25) is 0 Å². The molecule has 1 fully saturated rings. The van der Waals surface area contributed by atoms with Crippen molar-refractivity contribution >= 4 is 15.9 Å². The zero-order valence-corrected chi connectivity index (χ0v) is 9.86. The molecule has 0 radical (unpaired) electrons. The molecule has 0 atom stereocenters. The fourth-order valence-electron chi connectivity index (χ4n) is 1.87. The Labute approximate surface area is 96.2 Å². The van der Waals surface area contributed by atoms with Crippen molar-refractivity contribution in [3.05, 3.63) is 33.8 Å². The molecule has 15 heavy (non-hydrogen) atoms. The summed E-state index contributed by atoms with van der Waals surface area (Å²) >= 11 is 3.26. The molecule has 0 aliphatic carbocycles. The molecule has 1 saturated heterocycles. The van der Waals surface area contributed by atoms with Crippen LogP contribution in [0.25, 0.3) is 0 Å². The van der Waals surface area contributed by atoms with Crippen LogP contribution in [0.3, 0.4) is 0 Å². The van der Waals surface area contributed by atoms with Crippen molar-refractivity contribution in [2.24, 2.45) is 0 Å². The zero-order valence-electron chi connectivity index (χ0n) is 8.27. The lowest BCUT2D eigenvalue weighted by Crippen LogP contribution is -2.18. The van der Waals surface area contributed by atoms with Gasteiger partial charge in [0.1, 0.15) is 0 Å². The van der Waals surface area contributed by atoms with Crippen LogP contribution in [0.5, 0.6) is 0 Å². The molecular formula is C11H12BrF2N. The van der Waals surface area contributed by atoms with Crippen molar-refractivity contribution < 1.29 is 8.78 Å². The van der Waals surface area contributed by atoms with Crippen LogP contribution in [-0.4, -0.2) is 18.0 Å². The number of benzene rings is 1. The molecule has 2 rings (SSSR count). The molecule has 1 aliphatic heterocycles. The normalized spacial score (nSPS) is 17.3. The van der Waals surface area contributed by atoms with Gasteiger partial charge in [-0.2, -0.15) is 0 Å². The van der Waals surface area contributed by atoms with Gasteiger partial charge >= 0.3 is 0 Å². The average Bonchev–Trinajstić information content (AvgIpc) is 2.67. The third-order valence-corrected chi connectivity index (χ3v) is 3.42. The van der Waals surface area contributed by atoms with Gasteiger partial charge < -0.3 is 0 Å². The molecule has 0 N–H and O–H groups in total. The first kappa shape index (κ1) is 11.0. The number of rotatable bonds is 2. The lowest BCUT2D eigenvalue weighted by Gasteiger charge is -2.15. The first-order valence-electron chi connectivity index (χ1n) is 5.02. The van der Waals surface area contributed by atoms with Crippen LogP contribution < -0.4 is 0 Å². The van der Waals surface area contributed by atoms with Crippen molar-refractivity contribution in [1.29, 1.82) is 0 Å². The lowest BCUT2D eigenvalue weighted by atomic mass is 10.2. The summed E-state index contributed by atoms with van der Waals surface area (Å²) in [6.45, 7) is 2.79. The van der Waals surface area contributed by atoms with Crippen LogP contribution >= 0.6 is 15.9 Å². The van der Waals surface area contributed by atoms with Crippen molar-refractivity contribution in [2.75, 3.05) is 13.1 Å². The number of hydrogen-bond donors (Lipinski definition) is 0. The fourth-order valence-corrected chi connectivity index (χ4v) is 2.31. The number of hydrogen-bond acceptors (Lipinski definition) is 1. The highest BCUT2D eigenvalue weighted by molar-refractivity contribution is 9.10. The Morgan fingerprint density at radius 3 is 2.40 bits per heavy atom. The smallest absolute Gasteiger partial charge is 0.159 e. The van der Waals surface area contributed by atoms with Crippen molar-refractivity contribution in [3.8, 4) is 0 Å². The first-order valence-corrected chi connectivity index (χ1v) is 5.82. The second-order valence-electron chi connectivity index (χ2n) is 3.84. The van der Waals surface area contributed by atoms with Gasteiger partial charge in [-0.25, -0.2) is 8.78 Å². The Hall–Kier alpha value is -0.480. The van der Waals surface area contributed by atoms with E-state index in [1.54, 1.807) is 0 Å². The summed E-state index contributed by atoms with van der Waals surface area (Å²) in [4.78, 5) is 2.25. The van der Waals surface area contributed by atoms with Crippen LogP contribution in [0.1, 0.15) is 18.4 Å². The molecule has 0 aromatic heterocycles. The van der Waals surface area contributed by atoms with E-state index in [4.69, 9.17) is 0 Å². The number of likely N-dealkylation sites (tertiary alicyclic amines) is 1. The quantitative estimate of drug-likeness (QED) is 0.749. The minimum Gasteiger partial charge on any atom is -0.299 e. The molecule has 1 aliphatic rings. The van der Waals surface area contributed by atoms with E-state index in [0.29, 0.717) is 11.0 Å². The molecule has 0 spiro atoms. The maximum atomic E-state index is 13.0. The average molecular weight is 276 g/mol. The molecule has 0 saturated carbocycles. The topological polar surface area (TPSA) is 3.24 Å². The fraction of sp³-hybridized carbons (Fsp3) is 0.455. The van der Waals surface area contributed by atoms with Gasteiger partial charge in [0.15, 0.2) is 11.6 Å². The largest absolute Gasteiger partial charge is 0.299 e. The highest BCUT2D eigenvalue weighted by atomic mass is 79.9. The first-order chi connectivity index (χ1) is 7.16. The van der Waals surface area contributed by atoms with E-state index in [2.05, 4.69) is 20.8 Å². The van der Waals surface area contributed by atoms with Gasteiger partial charge in [-0.15, -0.1) is 0 Å². The molecule has 4 heteroatoms. The molecule has 82 valence electrons. The van der Waals surface area contributed by atoms with Crippen molar-refractivity contribution in [1.82, 2.24) is 4.90 Å².